The lowest BCUT2D eigenvalue weighted by Crippen LogP contribution is -2.24. The van der Waals surface area contributed by atoms with Gasteiger partial charge in [-0.25, -0.2) is 4.39 Å². The Bertz CT molecular complexity index is 1110. The number of carbonyl (C=O) groups excluding carboxylic acids is 2. The van der Waals surface area contributed by atoms with E-state index in [2.05, 4.69) is 51.9 Å². The van der Waals surface area contributed by atoms with Gasteiger partial charge in [0.05, 0.1) is 5.56 Å². The molecular formula is C25H24FN3O2. The van der Waals surface area contributed by atoms with Crippen LogP contribution in [0.5, 0.6) is 0 Å². The number of hydrogen-bond acceptors (Lipinski definition) is 3. The van der Waals surface area contributed by atoms with E-state index in [9.17, 15) is 14.0 Å². The van der Waals surface area contributed by atoms with E-state index in [0.717, 1.165) is 25.1 Å². The van der Waals surface area contributed by atoms with Crippen LogP contribution in [0, 0.1) is 5.82 Å². The summed E-state index contributed by atoms with van der Waals surface area (Å²) in [6, 6.07) is 20.5. The summed E-state index contributed by atoms with van der Waals surface area (Å²) in [4.78, 5) is 26.0. The maximum atomic E-state index is 14.1. The number of fused-ring (bicyclic) bond motifs is 1. The van der Waals surface area contributed by atoms with Crippen LogP contribution in [0.3, 0.4) is 0 Å². The number of amides is 2. The molecule has 2 N–H and O–H groups in total. The molecule has 0 fully saturated rings. The number of carbonyl (C=O) groups is 2. The quantitative estimate of drug-likeness (QED) is 0.630. The molecule has 0 aromatic heterocycles. The first-order valence-corrected chi connectivity index (χ1v) is 10.3. The van der Waals surface area contributed by atoms with E-state index in [1.54, 1.807) is 0 Å². The van der Waals surface area contributed by atoms with Crippen LogP contribution in [0.1, 0.15) is 34.0 Å². The second-order valence-corrected chi connectivity index (χ2v) is 7.68. The molecule has 0 saturated carbocycles. The number of rotatable bonds is 6. The highest BCUT2D eigenvalue weighted by Gasteiger charge is 2.18. The Kier molecular flexibility index (Phi) is 5.98. The van der Waals surface area contributed by atoms with Gasteiger partial charge in [-0.2, -0.15) is 0 Å². The Morgan fingerprint density at radius 1 is 1.00 bits per heavy atom. The summed E-state index contributed by atoms with van der Waals surface area (Å²) in [5.74, 6) is -1.44. The number of hydrogen-bond donors (Lipinski definition) is 2. The van der Waals surface area contributed by atoms with Gasteiger partial charge in [0.25, 0.3) is 5.91 Å². The van der Waals surface area contributed by atoms with E-state index in [1.165, 1.54) is 41.9 Å². The number of halogens is 1. The third-order valence-corrected chi connectivity index (χ3v) is 5.36. The molecule has 1 aliphatic rings. The van der Waals surface area contributed by atoms with E-state index < -0.39 is 11.7 Å². The van der Waals surface area contributed by atoms with Crippen LogP contribution < -0.4 is 15.5 Å². The van der Waals surface area contributed by atoms with Crippen molar-refractivity contribution in [3.05, 3.63) is 94.8 Å². The van der Waals surface area contributed by atoms with Gasteiger partial charge < -0.3 is 15.5 Å². The van der Waals surface area contributed by atoms with Crippen molar-refractivity contribution in [2.24, 2.45) is 0 Å². The van der Waals surface area contributed by atoms with Crippen molar-refractivity contribution in [1.82, 2.24) is 5.32 Å². The van der Waals surface area contributed by atoms with E-state index >= 15 is 0 Å². The Morgan fingerprint density at radius 3 is 2.52 bits per heavy atom. The largest absolute Gasteiger partial charge is 0.367 e. The number of nitrogens with one attached hydrogen (secondary N) is 2. The second kappa shape index (κ2) is 9.00. The SMILES string of the molecule is CC(=O)Nc1ccc(F)c(C(=O)NCc2ccc(CN3CCc4ccccc43)cc2)c1. The molecule has 0 bridgehead atoms. The number of nitrogens with zero attached hydrogens (tertiary/aromatic N) is 1. The minimum Gasteiger partial charge on any atom is -0.367 e. The Hall–Kier alpha value is -3.67. The van der Waals surface area contributed by atoms with Crippen molar-refractivity contribution < 1.29 is 14.0 Å². The highest BCUT2D eigenvalue weighted by molar-refractivity contribution is 5.97. The van der Waals surface area contributed by atoms with Gasteiger partial charge in [-0.1, -0.05) is 42.5 Å². The summed E-state index contributed by atoms with van der Waals surface area (Å²) in [6.45, 7) is 3.50. The summed E-state index contributed by atoms with van der Waals surface area (Å²) in [6.07, 6.45) is 1.07. The van der Waals surface area contributed by atoms with Gasteiger partial charge >= 0.3 is 0 Å². The van der Waals surface area contributed by atoms with Crippen LogP contribution in [-0.4, -0.2) is 18.4 Å². The normalized spacial score (nSPS) is 12.4. The van der Waals surface area contributed by atoms with E-state index in [0.29, 0.717) is 5.69 Å². The van der Waals surface area contributed by atoms with Crippen molar-refractivity contribution >= 4 is 23.2 Å². The smallest absolute Gasteiger partial charge is 0.254 e. The molecule has 1 aliphatic heterocycles. The first-order valence-electron chi connectivity index (χ1n) is 10.3. The molecule has 1 heterocycles. The lowest BCUT2D eigenvalue weighted by Gasteiger charge is -2.19. The van der Waals surface area contributed by atoms with Gasteiger partial charge in [-0.05, 0) is 47.4 Å². The molecule has 5 nitrogen and oxygen atoms in total. The molecule has 0 unspecified atom stereocenters. The molecule has 158 valence electrons. The minimum atomic E-state index is -0.632. The average molecular weight is 417 g/mol. The first kappa shape index (κ1) is 20.6. The fourth-order valence-corrected chi connectivity index (χ4v) is 3.81. The fraction of sp³-hybridized carbons (Fsp3) is 0.200. The van der Waals surface area contributed by atoms with Crippen molar-refractivity contribution in [1.29, 1.82) is 0 Å². The molecule has 0 aliphatic carbocycles. The molecule has 0 spiro atoms. The fourth-order valence-electron chi connectivity index (χ4n) is 3.81. The van der Waals surface area contributed by atoms with Crippen molar-refractivity contribution in [3.8, 4) is 0 Å². The maximum absolute atomic E-state index is 14.1. The number of para-hydroxylation sites is 1. The lowest BCUT2D eigenvalue weighted by atomic mass is 10.1. The summed E-state index contributed by atoms with van der Waals surface area (Å²) in [5, 5.41) is 5.29. The van der Waals surface area contributed by atoms with Gasteiger partial charge in [0, 0.05) is 37.9 Å². The summed E-state index contributed by atoms with van der Waals surface area (Å²) >= 11 is 0. The zero-order valence-corrected chi connectivity index (χ0v) is 17.3. The Labute approximate surface area is 180 Å². The summed E-state index contributed by atoms with van der Waals surface area (Å²) in [7, 11) is 0. The minimum absolute atomic E-state index is 0.101. The van der Waals surface area contributed by atoms with E-state index in [4.69, 9.17) is 0 Å². The molecule has 2 amide bonds. The van der Waals surface area contributed by atoms with Crippen molar-refractivity contribution in [2.75, 3.05) is 16.8 Å². The van der Waals surface area contributed by atoms with Crippen molar-refractivity contribution in [2.45, 2.75) is 26.4 Å². The van der Waals surface area contributed by atoms with Crippen LogP contribution in [0.15, 0.2) is 66.7 Å². The molecular weight excluding hydrogens is 393 g/mol. The van der Waals surface area contributed by atoms with Crippen LogP contribution in [0.4, 0.5) is 15.8 Å². The monoisotopic (exact) mass is 417 g/mol. The van der Waals surface area contributed by atoms with Gasteiger partial charge in [0.1, 0.15) is 5.82 Å². The summed E-state index contributed by atoms with van der Waals surface area (Å²) in [5.41, 5.74) is 5.08. The zero-order chi connectivity index (χ0) is 21.8. The molecule has 0 atom stereocenters. The predicted octanol–water partition coefficient (Wildman–Crippen LogP) is 4.28. The first-order chi connectivity index (χ1) is 15.0. The van der Waals surface area contributed by atoms with Crippen LogP contribution in [0.2, 0.25) is 0 Å². The zero-order valence-electron chi connectivity index (χ0n) is 17.3. The van der Waals surface area contributed by atoms with Gasteiger partial charge in [0.15, 0.2) is 0 Å². The van der Waals surface area contributed by atoms with Gasteiger partial charge in [-0.15, -0.1) is 0 Å². The van der Waals surface area contributed by atoms with Crippen molar-refractivity contribution in [3.63, 3.8) is 0 Å². The topological polar surface area (TPSA) is 61.4 Å². The van der Waals surface area contributed by atoms with Crippen LogP contribution in [-0.2, 0) is 24.3 Å². The molecule has 0 saturated heterocycles. The lowest BCUT2D eigenvalue weighted by molar-refractivity contribution is -0.114. The van der Waals surface area contributed by atoms with E-state index in [-0.39, 0.29) is 18.0 Å². The third-order valence-electron chi connectivity index (χ3n) is 5.36. The standard InChI is InChI=1S/C25H24FN3O2/c1-17(30)28-21-10-11-23(26)22(14-21)25(31)27-15-18-6-8-19(9-7-18)16-29-13-12-20-4-2-3-5-24(20)29/h2-11,14H,12-13,15-16H2,1H3,(H,27,31)(H,28,30). The van der Waals surface area contributed by atoms with Gasteiger partial charge in [0.2, 0.25) is 5.91 Å². The highest BCUT2D eigenvalue weighted by atomic mass is 19.1. The molecule has 0 radical (unpaired) electrons. The number of anilines is 2. The highest BCUT2D eigenvalue weighted by Crippen LogP contribution is 2.28. The Morgan fingerprint density at radius 2 is 1.74 bits per heavy atom. The average Bonchev–Trinajstić information content (AvgIpc) is 3.17. The predicted molar refractivity (Wildman–Crippen MR) is 120 cm³/mol. The molecule has 4 rings (SSSR count). The molecule has 6 heteroatoms. The molecule has 3 aromatic carbocycles. The summed E-state index contributed by atoms with van der Waals surface area (Å²) < 4.78 is 14.1. The molecule has 31 heavy (non-hydrogen) atoms. The second-order valence-electron chi connectivity index (χ2n) is 7.68. The maximum Gasteiger partial charge on any atom is 0.254 e. The van der Waals surface area contributed by atoms with Crippen LogP contribution in [0.25, 0.3) is 0 Å². The number of benzene rings is 3. The van der Waals surface area contributed by atoms with E-state index in [1.807, 2.05) is 12.1 Å². The Balaban J connectivity index is 1.36. The van der Waals surface area contributed by atoms with Crippen LogP contribution >= 0.6 is 0 Å². The third kappa shape index (κ3) is 4.91. The van der Waals surface area contributed by atoms with Gasteiger partial charge in [-0.3, -0.25) is 9.59 Å². The molecule has 3 aromatic rings.